The molecule has 0 spiro atoms. The summed E-state index contributed by atoms with van der Waals surface area (Å²) in [4.78, 5) is 11.7. The summed E-state index contributed by atoms with van der Waals surface area (Å²) in [7, 11) is 1.95. The lowest BCUT2D eigenvalue weighted by atomic mass is 9.97. The minimum atomic E-state index is -0.492. The monoisotopic (exact) mass is 228 g/mol. The van der Waals surface area contributed by atoms with Crippen molar-refractivity contribution in [2.75, 3.05) is 0 Å². The second kappa shape index (κ2) is 4.83. The summed E-state index contributed by atoms with van der Waals surface area (Å²) >= 11 is 0. The van der Waals surface area contributed by atoms with E-state index in [4.69, 9.17) is 4.74 Å². The van der Waals surface area contributed by atoms with E-state index in [-0.39, 0.29) is 5.82 Å². The van der Waals surface area contributed by atoms with Crippen LogP contribution in [0.25, 0.3) is 0 Å². The van der Waals surface area contributed by atoms with Crippen molar-refractivity contribution >= 4 is 19.3 Å². The number of halogens is 1. The summed E-state index contributed by atoms with van der Waals surface area (Å²) in [6.07, 6.45) is 0. The quantitative estimate of drug-likeness (QED) is 0.440. The topological polar surface area (TPSA) is 26.3 Å². The normalized spacial score (nSPS) is 9.94. The maximum atomic E-state index is 12.7. The van der Waals surface area contributed by atoms with Crippen molar-refractivity contribution in [3.8, 4) is 5.75 Å². The maximum absolute atomic E-state index is 12.7. The SMILES string of the molecule is Bc1ccc(OC(=O)c2ccc(F)cc2)cc1. The number of hydrogen-bond acceptors (Lipinski definition) is 2. The molecular formula is C13H10BFO2. The van der Waals surface area contributed by atoms with Crippen molar-refractivity contribution in [1.29, 1.82) is 0 Å². The molecule has 0 heterocycles. The molecule has 4 heteroatoms. The van der Waals surface area contributed by atoms with Crippen molar-refractivity contribution in [3.05, 3.63) is 59.9 Å². The van der Waals surface area contributed by atoms with Crippen LogP contribution in [-0.4, -0.2) is 13.8 Å². The van der Waals surface area contributed by atoms with Crippen LogP contribution in [0.15, 0.2) is 48.5 Å². The van der Waals surface area contributed by atoms with Gasteiger partial charge in [0.15, 0.2) is 0 Å². The highest BCUT2D eigenvalue weighted by Crippen LogP contribution is 2.11. The first-order chi connectivity index (χ1) is 8.15. The van der Waals surface area contributed by atoms with E-state index >= 15 is 0 Å². The molecule has 0 fully saturated rings. The molecule has 0 aliphatic carbocycles. The molecule has 0 aliphatic rings. The van der Waals surface area contributed by atoms with Gasteiger partial charge in [-0.25, -0.2) is 9.18 Å². The molecule has 0 amide bonds. The molecule has 2 nitrogen and oxygen atoms in total. The number of carbonyl (C=O) groups excluding carboxylic acids is 1. The summed E-state index contributed by atoms with van der Waals surface area (Å²) in [5.74, 6) is -0.393. The Morgan fingerprint density at radius 2 is 1.59 bits per heavy atom. The van der Waals surface area contributed by atoms with Gasteiger partial charge in [-0.05, 0) is 36.4 Å². The minimum absolute atomic E-state index is 0.326. The van der Waals surface area contributed by atoms with Crippen molar-refractivity contribution in [2.45, 2.75) is 0 Å². The highest BCUT2D eigenvalue weighted by molar-refractivity contribution is 6.32. The standard InChI is InChI=1S/C13H10BFO2/c14-10-3-7-12(8-4-10)17-13(16)9-1-5-11(15)6-2-9/h1-8H,14H2. The molecule has 84 valence electrons. The smallest absolute Gasteiger partial charge is 0.343 e. The Morgan fingerprint density at radius 1 is 1.00 bits per heavy atom. The van der Waals surface area contributed by atoms with Crippen molar-refractivity contribution in [3.63, 3.8) is 0 Å². The molecule has 2 aromatic rings. The Hall–Kier alpha value is -2.10. The lowest BCUT2D eigenvalue weighted by Gasteiger charge is -2.04. The molecule has 2 rings (SSSR count). The maximum Gasteiger partial charge on any atom is 0.343 e. The van der Waals surface area contributed by atoms with Crippen LogP contribution in [0, 0.1) is 5.82 Å². The van der Waals surface area contributed by atoms with Crippen molar-refractivity contribution in [2.24, 2.45) is 0 Å². The minimum Gasteiger partial charge on any atom is -0.423 e. The lowest BCUT2D eigenvalue weighted by Crippen LogP contribution is -2.09. The fraction of sp³-hybridized carbons (Fsp3) is 0. The zero-order valence-electron chi connectivity index (χ0n) is 9.31. The van der Waals surface area contributed by atoms with Gasteiger partial charge in [0, 0.05) is 0 Å². The fourth-order valence-electron chi connectivity index (χ4n) is 1.36. The van der Waals surface area contributed by atoms with Gasteiger partial charge in [-0.3, -0.25) is 0 Å². The van der Waals surface area contributed by atoms with E-state index < -0.39 is 5.97 Å². The van der Waals surface area contributed by atoms with Gasteiger partial charge in [-0.2, -0.15) is 0 Å². The van der Waals surface area contributed by atoms with Crippen LogP contribution in [0.5, 0.6) is 5.75 Å². The summed E-state index contributed by atoms with van der Waals surface area (Å²) in [5.41, 5.74) is 1.42. The van der Waals surface area contributed by atoms with Crippen LogP contribution < -0.4 is 10.2 Å². The zero-order valence-corrected chi connectivity index (χ0v) is 9.31. The molecule has 0 radical (unpaired) electrons. The van der Waals surface area contributed by atoms with E-state index in [1.807, 2.05) is 20.0 Å². The first-order valence-corrected chi connectivity index (χ1v) is 5.19. The number of rotatable bonds is 2. The second-order valence-electron chi connectivity index (χ2n) is 3.71. The van der Waals surface area contributed by atoms with Crippen molar-refractivity contribution in [1.82, 2.24) is 0 Å². The average Bonchev–Trinajstić information content (AvgIpc) is 2.33. The van der Waals surface area contributed by atoms with Crippen LogP contribution in [0.1, 0.15) is 10.4 Å². The lowest BCUT2D eigenvalue weighted by molar-refractivity contribution is 0.0735. The third kappa shape index (κ3) is 2.94. The van der Waals surface area contributed by atoms with Gasteiger partial charge >= 0.3 is 5.97 Å². The Balaban J connectivity index is 2.11. The Bertz CT molecular complexity index is 520. The summed E-state index contributed by atoms with van der Waals surface area (Å²) in [6.45, 7) is 0. The van der Waals surface area contributed by atoms with Gasteiger partial charge in [0.1, 0.15) is 19.4 Å². The molecular weight excluding hydrogens is 218 g/mol. The molecule has 0 saturated heterocycles. The molecule has 17 heavy (non-hydrogen) atoms. The predicted molar refractivity (Wildman–Crippen MR) is 66.0 cm³/mol. The third-order valence-electron chi connectivity index (χ3n) is 2.31. The highest BCUT2D eigenvalue weighted by atomic mass is 19.1. The van der Waals surface area contributed by atoms with E-state index in [1.165, 1.54) is 24.3 Å². The summed E-state index contributed by atoms with van der Waals surface area (Å²) in [5, 5.41) is 0. The predicted octanol–water partition coefficient (Wildman–Crippen LogP) is 1.30. The Morgan fingerprint density at radius 3 is 2.18 bits per heavy atom. The first-order valence-electron chi connectivity index (χ1n) is 5.19. The molecule has 2 aromatic carbocycles. The van der Waals surface area contributed by atoms with Gasteiger partial charge in [-0.15, -0.1) is 0 Å². The van der Waals surface area contributed by atoms with E-state index in [0.29, 0.717) is 11.3 Å². The fourth-order valence-corrected chi connectivity index (χ4v) is 1.36. The van der Waals surface area contributed by atoms with Crippen LogP contribution >= 0.6 is 0 Å². The van der Waals surface area contributed by atoms with E-state index in [0.717, 1.165) is 5.46 Å². The van der Waals surface area contributed by atoms with Crippen LogP contribution in [-0.2, 0) is 0 Å². The van der Waals surface area contributed by atoms with Gasteiger partial charge < -0.3 is 4.74 Å². The Kier molecular flexibility index (Phi) is 3.23. The first kappa shape index (κ1) is 11.4. The van der Waals surface area contributed by atoms with Gasteiger partial charge in [-0.1, -0.05) is 17.6 Å². The largest absolute Gasteiger partial charge is 0.423 e. The summed E-state index contributed by atoms with van der Waals surface area (Å²) in [6, 6.07) is 12.4. The number of benzene rings is 2. The van der Waals surface area contributed by atoms with Crippen molar-refractivity contribution < 1.29 is 13.9 Å². The Labute approximate surface area is 99.4 Å². The van der Waals surface area contributed by atoms with E-state index in [9.17, 15) is 9.18 Å². The van der Waals surface area contributed by atoms with Gasteiger partial charge in [0.05, 0.1) is 5.56 Å². The zero-order chi connectivity index (χ0) is 12.3. The van der Waals surface area contributed by atoms with Gasteiger partial charge in [0.2, 0.25) is 0 Å². The number of esters is 1. The molecule has 0 unspecified atom stereocenters. The molecule has 0 aromatic heterocycles. The van der Waals surface area contributed by atoms with E-state index in [1.54, 1.807) is 12.1 Å². The molecule has 0 N–H and O–H groups in total. The highest BCUT2D eigenvalue weighted by Gasteiger charge is 2.07. The van der Waals surface area contributed by atoms with Crippen LogP contribution in [0.4, 0.5) is 4.39 Å². The third-order valence-corrected chi connectivity index (χ3v) is 2.31. The number of ether oxygens (including phenoxy) is 1. The second-order valence-corrected chi connectivity index (χ2v) is 3.71. The van der Waals surface area contributed by atoms with Gasteiger partial charge in [0.25, 0.3) is 0 Å². The number of carbonyl (C=O) groups is 1. The van der Waals surface area contributed by atoms with Crippen LogP contribution in [0.3, 0.4) is 0 Å². The average molecular weight is 228 g/mol. The molecule has 0 saturated carbocycles. The summed E-state index contributed by atoms with van der Waals surface area (Å²) < 4.78 is 17.8. The molecule has 0 aliphatic heterocycles. The van der Waals surface area contributed by atoms with Crippen LogP contribution in [0.2, 0.25) is 0 Å². The van der Waals surface area contributed by atoms with E-state index in [2.05, 4.69) is 0 Å². The molecule has 0 atom stereocenters. The molecule has 0 bridgehead atoms. The number of hydrogen-bond donors (Lipinski definition) is 0.